The van der Waals surface area contributed by atoms with Crippen molar-refractivity contribution in [3.05, 3.63) is 48.2 Å². The normalized spacial score (nSPS) is 10.6. The fourth-order valence-electron chi connectivity index (χ4n) is 1.83. The zero-order valence-electron chi connectivity index (χ0n) is 7.99. The number of H-pyrrole nitrogens is 1. The van der Waals surface area contributed by atoms with Crippen LogP contribution in [0.5, 0.6) is 0 Å². The molecular formula is C13H8N2. The van der Waals surface area contributed by atoms with Crippen molar-refractivity contribution in [3.63, 3.8) is 0 Å². The van der Waals surface area contributed by atoms with E-state index in [2.05, 4.69) is 17.1 Å². The van der Waals surface area contributed by atoms with E-state index in [9.17, 15) is 0 Å². The van der Waals surface area contributed by atoms with Crippen molar-refractivity contribution >= 4 is 10.8 Å². The van der Waals surface area contributed by atoms with E-state index in [0.717, 1.165) is 27.6 Å². The Kier molecular flexibility index (Phi) is 1.54. The van der Waals surface area contributed by atoms with Crippen LogP contribution in [0, 0.1) is 11.3 Å². The highest BCUT2D eigenvalue weighted by Gasteiger charge is 2.14. The van der Waals surface area contributed by atoms with Crippen LogP contribution in [0.3, 0.4) is 0 Å². The molecule has 0 amide bonds. The van der Waals surface area contributed by atoms with Gasteiger partial charge < -0.3 is 4.98 Å². The number of nitrogens with one attached hydrogen (secondary N) is 1. The van der Waals surface area contributed by atoms with Crippen molar-refractivity contribution in [1.82, 2.24) is 4.98 Å². The van der Waals surface area contributed by atoms with E-state index < -0.39 is 0 Å². The number of nitriles is 1. The van der Waals surface area contributed by atoms with Crippen LogP contribution in [0.2, 0.25) is 0 Å². The predicted octanol–water partition coefficient (Wildman–Crippen LogP) is 3.14. The van der Waals surface area contributed by atoms with Crippen LogP contribution in [-0.2, 0) is 0 Å². The summed E-state index contributed by atoms with van der Waals surface area (Å²) in [5, 5.41) is 11.2. The minimum atomic E-state index is 0.738. The first-order chi connectivity index (χ1) is 7.40. The molecule has 2 aliphatic rings. The van der Waals surface area contributed by atoms with E-state index in [1.54, 1.807) is 0 Å². The Bertz CT molecular complexity index is 643. The molecule has 15 heavy (non-hydrogen) atoms. The smallest absolute Gasteiger partial charge is 0.0998 e. The van der Waals surface area contributed by atoms with Gasteiger partial charge in [0.1, 0.15) is 0 Å². The number of fused-ring (bicyclic) bond motifs is 3. The average molecular weight is 192 g/mol. The van der Waals surface area contributed by atoms with E-state index >= 15 is 0 Å². The predicted molar refractivity (Wildman–Crippen MR) is 59.6 cm³/mol. The molecule has 1 heterocycles. The highest BCUT2D eigenvalue weighted by molar-refractivity contribution is 6.04. The monoisotopic (exact) mass is 192 g/mol. The van der Waals surface area contributed by atoms with E-state index in [1.807, 2.05) is 36.5 Å². The van der Waals surface area contributed by atoms with Gasteiger partial charge in [-0.1, -0.05) is 18.2 Å². The molecule has 1 aliphatic heterocycles. The maximum absolute atomic E-state index is 9.05. The second kappa shape index (κ2) is 2.86. The topological polar surface area (TPSA) is 39.6 Å². The van der Waals surface area contributed by atoms with Crippen molar-refractivity contribution < 1.29 is 0 Å². The maximum atomic E-state index is 9.05. The fourth-order valence-corrected chi connectivity index (χ4v) is 1.83. The third-order valence-corrected chi connectivity index (χ3v) is 2.59. The summed E-state index contributed by atoms with van der Waals surface area (Å²) in [6.45, 7) is 0. The standard InChI is InChI=1S/C13H8N2/c14-8-10-4-1-3-9-5-2-6-15-12-7-11(12)13(9)10/h1-7,15H. The number of aromatic nitrogens is 1. The van der Waals surface area contributed by atoms with Gasteiger partial charge in [-0.25, -0.2) is 0 Å². The molecule has 0 unspecified atom stereocenters. The van der Waals surface area contributed by atoms with Gasteiger partial charge in [-0.3, -0.25) is 0 Å². The molecule has 0 spiro atoms. The van der Waals surface area contributed by atoms with Crippen LogP contribution in [0.4, 0.5) is 0 Å². The molecule has 0 aromatic heterocycles. The average Bonchev–Trinajstić information content (AvgIpc) is 2.99. The number of rotatable bonds is 0. The van der Waals surface area contributed by atoms with Gasteiger partial charge in [-0.05, 0) is 23.6 Å². The van der Waals surface area contributed by atoms with Gasteiger partial charge in [0, 0.05) is 22.8 Å². The second-order valence-corrected chi connectivity index (χ2v) is 3.52. The molecule has 2 heteroatoms. The van der Waals surface area contributed by atoms with Crippen molar-refractivity contribution in [2.75, 3.05) is 0 Å². The molecule has 70 valence electrons. The van der Waals surface area contributed by atoms with Gasteiger partial charge in [-0.2, -0.15) is 5.26 Å². The Morgan fingerprint density at radius 1 is 1.13 bits per heavy atom. The molecule has 0 atom stereocenters. The summed E-state index contributed by atoms with van der Waals surface area (Å²) >= 11 is 0. The lowest BCUT2D eigenvalue weighted by Gasteiger charge is -1.97. The van der Waals surface area contributed by atoms with Crippen LogP contribution < -0.4 is 0 Å². The Labute approximate surface area is 87.1 Å². The highest BCUT2D eigenvalue weighted by atomic mass is 14.7. The summed E-state index contributed by atoms with van der Waals surface area (Å²) in [6.07, 6.45) is 1.90. The number of aromatic amines is 1. The van der Waals surface area contributed by atoms with Gasteiger partial charge in [-0.15, -0.1) is 0 Å². The van der Waals surface area contributed by atoms with E-state index in [-0.39, 0.29) is 0 Å². The Morgan fingerprint density at radius 3 is 2.87 bits per heavy atom. The molecule has 2 nitrogen and oxygen atoms in total. The van der Waals surface area contributed by atoms with Crippen LogP contribution in [0.25, 0.3) is 22.0 Å². The first-order valence-corrected chi connectivity index (χ1v) is 4.79. The lowest BCUT2D eigenvalue weighted by atomic mass is 10.1. The zero-order chi connectivity index (χ0) is 10.3. The van der Waals surface area contributed by atoms with Crippen LogP contribution in [0.15, 0.2) is 42.6 Å². The van der Waals surface area contributed by atoms with Crippen LogP contribution in [-0.4, -0.2) is 4.98 Å². The molecule has 0 saturated heterocycles. The second-order valence-electron chi connectivity index (χ2n) is 3.52. The van der Waals surface area contributed by atoms with Crippen LogP contribution in [0.1, 0.15) is 5.56 Å². The SMILES string of the molecule is N#Cc1cccc2ccc[nH]c3cc-3c12. The van der Waals surface area contributed by atoms with E-state index in [4.69, 9.17) is 5.26 Å². The quantitative estimate of drug-likeness (QED) is 0.584. The van der Waals surface area contributed by atoms with Gasteiger partial charge >= 0.3 is 0 Å². The van der Waals surface area contributed by atoms with Gasteiger partial charge in [0.2, 0.25) is 0 Å². The summed E-state index contributed by atoms with van der Waals surface area (Å²) in [6, 6.07) is 14.1. The van der Waals surface area contributed by atoms with Crippen molar-refractivity contribution in [1.29, 1.82) is 5.26 Å². The van der Waals surface area contributed by atoms with Gasteiger partial charge in [0.15, 0.2) is 0 Å². The molecule has 1 aromatic rings. The summed E-state index contributed by atoms with van der Waals surface area (Å²) < 4.78 is 0. The van der Waals surface area contributed by atoms with Crippen molar-refractivity contribution in [2.45, 2.75) is 0 Å². The number of hydrogen-bond donors (Lipinski definition) is 1. The van der Waals surface area contributed by atoms with E-state index in [0.29, 0.717) is 0 Å². The molecule has 0 radical (unpaired) electrons. The highest BCUT2D eigenvalue weighted by Crippen LogP contribution is 2.37. The minimum Gasteiger partial charge on any atom is -0.361 e. The summed E-state index contributed by atoms with van der Waals surface area (Å²) in [7, 11) is 0. The van der Waals surface area contributed by atoms with Gasteiger partial charge in [0.25, 0.3) is 0 Å². The lowest BCUT2D eigenvalue weighted by Crippen LogP contribution is -1.77. The first-order valence-electron chi connectivity index (χ1n) is 4.79. The van der Waals surface area contributed by atoms with E-state index in [1.165, 1.54) is 0 Å². The first kappa shape index (κ1) is 8.07. The molecule has 1 aliphatic carbocycles. The third-order valence-electron chi connectivity index (χ3n) is 2.59. The molecule has 3 rings (SSSR count). The number of benzene rings is 1. The summed E-state index contributed by atoms with van der Waals surface area (Å²) in [5.41, 5.74) is 3.01. The molecular weight excluding hydrogens is 184 g/mol. The Hall–Kier alpha value is -2.27. The largest absolute Gasteiger partial charge is 0.361 e. The van der Waals surface area contributed by atoms with Crippen molar-refractivity contribution in [2.24, 2.45) is 0 Å². The number of hydrogen-bond acceptors (Lipinski definition) is 1. The summed E-state index contributed by atoms with van der Waals surface area (Å²) in [4.78, 5) is 3.15. The molecule has 0 saturated carbocycles. The third kappa shape index (κ3) is 1.18. The van der Waals surface area contributed by atoms with Gasteiger partial charge in [0.05, 0.1) is 11.6 Å². The molecule has 1 N–H and O–H groups in total. The molecule has 1 aromatic carbocycles. The molecule has 0 fully saturated rings. The van der Waals surface area contributed by atoms with Crippen LogP contribution >= 0.6 is 0 Å². The maximum Gasteiger partial charge on any atom is 0.0998 e. The minimum absolute atomic E-state index is 0.738. The van der Waals surface area contributed by atoms with Crippen molar-refractivity contribution in [3.8, 4) is 17.3 Å². The lowest BCUT2D eigenvalue weighted by molar-refractivity contribution is 1.41. The summed E-state index contributed by atoms with van der Waals surface area (Å²) in [5.74, 6) is 0. The Balaban J connectivity index is 2.52. The zero-order valence-corrected chi connectivity index (χ0v) is 7.99. The fraction of sp³-hybridized carbons (Fsp3) is 0. The Morgan fingerprint density at radius 2 is 2.00 bits per heavy atom. The number of nitrogens with zero attached hydrogens (tertiary/aromatic N) is 1. The molecule has 0 bridgehead atoms.